The van der Waals surface area contributed by atoms with Gasteiger partial charge in [-0.05, 0) is 40.7 Å². The Kier molecular flexibility index (Phi) is 7.28. The van der Waals surface area contributed by atoms with Crippen LogP contribution < -0.4 is 31.2 Å². The summed E-state index contributed by atoms with van der Waals surface area (Å²) in [4.78, 5) is 37.4. The van der Waals surface area contributed by atoms with Gasteiger partial charge in [0.2, 0.25) is 17.7 Å². The summed E-state index contributed by atoms with van der Waals surface area (Å²) < 4.78 is 27.3. The number of ether oxygens (including phenoxy) is 2. The molecule has 14 heteroatoms. The Hall–Kier alpha value is -5.04. The highest BCUT2D eigenvalue weighted by atomic mass is 35.5. The maximum absolute atomic E-state index is 14.2. The molecule has 4 unspecified atom stereocenters. The molecule has 12 nitrogen and oxygen atoms in total. The van der Waals surface area contributed by atoms with Crippen molar-refractivity contribution in [1.82, 2.24) is 20.6 Å². The Morgan fingerprint density at radius 3 is 2.59 bits per heavy atom. The second kappa shape index (κ2) is 11.7. The molecule has 1 spiro atoms. The van der Waals surface area contributed by atoms with Crippen LogP contribution in [0.4, 0.5) is 5.69 Å². The zero-order valence-corrected chi connectivity index (χ0v) is 31.2. The first-order valence-corrected chi connectivity index (χ1v) is 18.9. The number of benzene rings is 3. The van der Waals surface area contributed by atoms with Gasteiger partial charge in [-0.1, -0.05) is 93.4 Å². The van der Waals surface area contributed by atoms with Crippen molar-refractivity contribution in [2.75, 3.05) is 5.32 Å². The number of amides is 2. The van der Waals surface area contributed by atoms with Gasteiger partial charge in [-0.25, -0.2) is 4.98 Å². The minimum Gasteiger partial charge on any atom is -0.453 e. The highest BCUT2D eigenvalue weighted by Gasteiger charge is 2.64. The van der Waals surface area contributed by atoms with Gasteiger partial charge in [0.1, 0.15) is 29.1 Å². The Morgan fingerprint density at radius 1 is 1.00 bits per heavy atom. The molecule has 54 heavy (non-hydrogen) atoms. The van der Waals surface area contributed by atoms with Gasteiger partial charge >= 0.3 is 0 Å². The Bertz CT molecular complexity index is 2430. The molecular formula is C40H36Cl2N6O6. The summed E-state index contributed by atoms with van der Waals surface area (Å²) in [5.41, 5.74) is 10.5. The van der Waals surface area contributed by atoms with E-state index in [4.69, 9.17) is 57.2 Å². The number of fused-ring (bicyclic) bond motifs is 7. The lowest BCUT2D eigenvalue weighted by Crippen LogP contribution is -2.54. The number of nitrogens with one attached hydrogen (secondary N) is 3. The molecule has 2 aromatic heterocycles. The molecule has 5 aliphatic heterocycles. The molecule has 0 saturated carbocycles. The molecule has 10 rings (SSSR count). The fraction of sp³-hybridized carbons (Fsp3) is 0.350. The number of carbonyl (C=O) groups is 2. The number of hydrogen-bond acceptors (Lipinski definition) is 10. The third-order valence-electron chi connectivity index (χ3n) is 11.4. The van der Waals surface area contributed by atoms with E-state index in [1.165, 1.54) is 0 Å². The molecule has 3 aromatic carbocycles. The monoisotopic (exact) mass is 766 g/mol. The standard InChI is InChI=1S/C40H36Cl2N6O6/c1-15(2)27(43)36(50)45-23-14-17-11-12-24-21(13-17)40-20-9-5-8-19(30(20)53-39(40)51-24)18-7-6-10-22-25(18)26(33(41)44-22)31-34(42)48-38(52-31)29-32(40)54-37(47-29)28(16(3)4)46-35(23)49/h5-13,15-16,23,26-28,33,39,44H,14,43H2,1-4H3,(H,45,50)(H,46,49)/t23-,26?,27-,28-,33?,39?,40?/m0/s1. The van der Waals surface area contributed by atoms with E-state index >= 15 is 0 Å². The summed E-state index contributed by atoms with van der Waals surface area (Å²) >= 11 is 14.0. The molecule has 7 heterocycles. The van der Waals surface area contributed by atoms with Crippen molar-refractivity contribution in [1.29, 1.82) is 0 Å². The van der Waals surface area contributed by atoms with Crippen LogP contribution in [0, 0.1) is 11.8 Å². The molecule has 0 aliphatic carbocycles. The first-order chi connectivity index (χ1) is 25.9. The average Bonchev–Trinajstić information content (AvgIpc) is 3.94. The van der Waals surface area contributed by atoms with Gasteiger partial charge in [0.05, 0.1) is 12.0 Å². The fourth-order valence-corrected chi connectivity index (χ4v) is 9.24. The number of alkyl halides is 1. The Balaban J connectivity index is 1.28. The predicted octanol–water partition coefficient (Wildman–Crippen LogP) is 6.37. The van der Waals surface area contributed by atoms with Gasteiger partial charge in [0, 0.05) is 28.8 Å². The van der Waals surface area contributed by atoms with Crippen molar-refractivity contribution < 1.29 is 27.9 Å². The number of anilines is 1. The molecule has 0 radical (unpaired) electrons. The molecule has 0 fully saturated rings. The number of rotatable bonds is 4. The quantitative estimate of drug-likeness (QED) is 0.119. The molecule has 0 saturated heterocycles. The number of aromatic nitrogens is 2. The van der Waals surface area contributed by atoms with Gasteiger partial charge in [0.15, 0.2) is 27.8 Å². The molecule has 5 aliphatic rings. The number of carbonyl (C=O) groups excluding carboxylic acids is 2. The number of para-hydroxylation sites is 1. The second-order valence-electron chi connectivity index (χ2n) is 15.3. The smallest absolute Gasteiger partial charge is 0.262 e. The summed E-state index contributed by atoms with van der Waals surface area (Å²) in [6, 6.07) is 15.2. The van der Waals surface area contributed by atoms with Gasteiger partial charge in [0.25, 0.3) is 12.2 Å². The van der Waals surface area contributed by atoms with Crippen molar-refractivity contribution in [3.63, 3.8) is 0 Å². The summed E-state index contributed by atoms with van der Waals surface area (Å²) in [7, 11) is 0. The number of oxazole rings is 2. The van der Waals surface area contributed by atoms with Crippen LogP contribution >= 0.6 is 23.2 Å². The van der Waals surface area contributed by atoms with Crippen LogP contribution in [-0.4, -0.2) is 45.7 Å². The number of nitrogens with zero attached hydrogens (tertiary/aromatic N) is 2. The topological polar surface area (TPSA) is 167 Å². The van der Waals surface area contributed by atoms with Crippen LogP contribution in [0.5, 0.6) is 11.5 Å². The van der Waals surface area contributed by atoms with Crippen LogP contribution in [0.2, 0.25) is 5.15 Å². The van der Waals surface area contributed by atoms with E-state index in [1.807, 2.05) is 82.3 Å². The van der Waals surface area contributed by atoms with Crippen molar-refractivity contribution in [3.8, 4) is 34.2 Å². The van der Waals surface area contributed by atoms with E-state index in [1.54, 1.807) is 0 Å². The normalized spacial score (nSPS) is 25.7. The maximum atomic E-state index is 14.2. The van der Waals surface area contributed by atoms with Crippen LogP contribution in [0.15, 0.2) is 63.4 Å². The van der Waals surface area contributed by atoms with E-state index in [0.29, 0.717) is 23.0 Å². The summed E-state index contributed by atoms with van der Waals surface area (Å²) in [5.74, 6) is 0.585. The van der Waals surface area contributed by atoms with Crippen molar-refractivity contribution in [3.05, 3.63) is 99.4 Å². The summed E-state index contributed by atoms with van der Waals surface area (Å²) in [6.07, 6.45) is -0.748. The number of hydrogen-bond donors (Lipinski definition) is 4. The van der Waals surface area contributed by atoms with Crippen LogP contribution in [0.3, 0.4) is 0 Å². The Labute approximate surface area is 320 Å². The lowest BCUT2D eigenvalue weighted by atomic mass is 9.72. The molecule has 2 amide bonds. The van der Waals surface area contributed by atoms with Gasteiger partial charge < -0.3 is 40.0 Å². The van der Waals surface area contributed by atoms with Gasteiger partial charge in [-0.2, -0.15) is 4.98 Å². The molecular weight excluding hydrogens is 731 g/mol. The predicted molar refractivity (Wildman–Crippen MR) is 200 cm³/mol. The number of nitrogens with two attached hydrogens (primary N) is 1. The first-order valence-electron chi connectivity index (χ1n) is 18.1. The van der Waals surface area contributed by atoms with Crippen LogP contribution in [0.1, 0.15) is 79.3 Å². The lowest BCUT2D eigenvalue weighted by Gasteiger charge is -2.28. The molecule has 5 N–H and O–H groups in total. The zero-order chi connectivity index (χ0) is 37.4. The zero-order valence-electron chi connectivity index (χ0n) is 29.7. The highest BCUT2D eigenvalue weighted by molar-refractivity contribution is 6.30. The summed E-state index contributed by atoms with van der Waals surface area (Å²) in [5, 5.41) is 9.60. The molecule has 10 bridgehead atoms. The number of halogens is 2. The Morgan fingerprint density at radius 2 is 1.80 bits per heavy atom. The second-order valence-corrected chi connectivity index (χ2v) is 16.2. The van der Waals surface area contributed by atoms with Gasteiger partial charge in [-0.3, -0.25) is 9.59 Å². The third kappa shape index (κ3) is 4.53. The SMILES string of the molecule is CC(C)[C@H](N)C(=O)N[C@H]1Cc2ccc3c(c2)C24c5cccc(c5OC2O3)-c2cccc3c2C(c2oc(nc2Cl)-c2nc(oc24)[C@H](C(C)C)NC1=O)C(Cl)N3. The van der Waals surface area contributed by atoms with E-state index in [2.05, 4.69) is 16.0 Å². The van der Waals surface area contributed by atoms with Crippen molar-refractivity contribution in [2.24, 2.45) is 17.6 Å². The minimum atomic E-state index is -1.22. The molecule has 7 atom stereocenters. The highest BCUT2D eigenvalue weighted by Crippen LogP contribution is 2.63. The van der Waals surface area contributed by atoms with Gasteiger partial charge in [-0.15, -0.1) is 0 Å². The third-order valence-corrected chi connectivity index (χ3v) is 12.1. The molecule has 5 aromatic rings. The van der Waals surface area contributed by atoms with Crippen molar-refractivity contribution >= 4 is 40.7 Å². The van der Waals surface area contributed by atoms with Crippen LogP contribution in [0.25, 0.3) is 22.7 Å². The van der Waals surface area contributed by atoms with E-state index in [0.717, 1.165) is 39.1 Å². The van der Waals surface area contributed by atoms with Crippen LogP contribution in [-0.2, 0) is 21.4 Å². The van der Waals surface area contributed by atoms with E-state index in [9.17, 15) is 9.59 Å². The first kappa shape index (κ1) is 33.5. The fourth-order valence-electron chi connectivity index (χ4n) is 8.65. The lowest BCUT2D eigenvalue weighted by molar-refractivity contribution is -0.130. The minimum absolute atomic E-state index is 0.120. The molecule has 276 valence electrons. The largest absolute Gasteiger partial charge is 0.453 e. The van der Waals surface area contributed by atoms with Crippen molar-refractivity contribution in [2.45, 2.75) is 75.4 Å². The summed E-state index contributed by atoms with van der Waals surface area (Å²) in [6.45, 7) is 7.63. The van der Waals surface area contributed by atoms with E-state index < -0.39 is 53.1 Å². The van der Waals surface area contributed by atoms with E-state index in [-0.39, 0.29) is 40.9 Å². The average molecular weight is 768 g/mol. The maximum Gasteiger partial charge on any atom is 0.262 e.